The Hall–Kier alpha value is -1.60. The fourth-order valence-corrected chi connectivity index (χ4v) is 2.84. The van der Waals surface area contributed by atoms with Gasteiger partial charge in [-0.25, -0.2) is 13.6 Å². The molecule has 122 valence electrons. The van der Waals surface area contributed by atoms with Crippen LogP contribution in [-0.2, 0) is 16.4 Å². The molecule has 0 saturated carbocycles. The van der Waals surface area contributed by atoms with Crippen molar-refractivity contribution < 1.29 is 13.2 Å². The van der Waals surface area contributed by atoms with Crippen LogP contribution >= 0.6 is 23.2 Å². The molecule has 0 aliphatic rings. The third kappa shape index (κ3) is 4.68. The first-order chi connectivity index (χ1) is 10.8. The van der Waals surface area contributed by atoms with E-state index in [1.54, 1.807) is 30.3 Å². The highest BCUT2D eigenvalue weighted by molar-refractivity contribution is 7.89. The van der Waals surface area contributed by atoms with E-state index in [2.05, 4.69) is 5.32 Å². The van der Waals surface area contributed by atoms with E-state index >= 15 is 0 Å². The quantitative estimate of drug-likeness (QED) is 0.844. The minimum absolute atomic E-state index is 0.0518. The Morgan fingerprint density at radius 1 is 1.09 bits per heavy atom. The molecular weight excluding hydrogens is 359 g/mol. The lowest BCUT2D eigenvalue weighted by Gasteiger charge is -2.08. The number of nitrogens with one attached hydrogen (secondary N) is 1. The van der Waals surface area contributed by atoms with Crippen molar-refractivity contribution in [3.05, 3.63) is 63.6 Å². The molecule has 0 aliphatic heterocycles. The summed E-state index contributed by atoms with van der Waals surface area (Å²) >= 11 is 11.9. The van der Waals surface area contributed by atoms with Crippen LogP contribution in [0.1, 0.15) is 15.9 Å². The lowest BCUT2D eigenvalue weighted by molar-refractivity contribution is 0.0954. The summed E-state index contributed by atoms with van der Waals surface area (Å²) in [5.74, 6) is -0.321. The molecule has 2 aromatic carbocycles. The second-order valence-electron chi connectivity index (χ2n) is 4.80. The Morgan fingerprint density at radius 3 is 2.35 bits per heavy atom. The third-order valence-electron chi connectivity index (χ3n) is 3.15. The molecule has 0 heterocycles. The largest absolute Gasteiger partial charge is 0.352 e. The maximum atomic E-state index is 12.0. The molecule has 23 heavy (non-hydrogen) atoms. The molecule has 3 N–H and O–H groups in total. The molecule has 0 spiro atoms. The summed E-state index contributed by atoms with van der Waals surface area (Å²) < 4.78 is 22.3. The Labute approximate surface area is 144 Å². The molecule has 2 aromatic rings. The average Bonchev–Trinajstić information content (AvgIpc) is 2.49. The summed E-state index contributed by atoms with van der Waals surface area (Å²) in [7, 11) is -3.70. The molecule has 8 heteroatoms. The number of primary sulfonamides is 1. The van der Waals surface area contributed by atoms with Crippen molar-refractivity contribution in [1.82, 2.24) is 5.32 Å². The maximum Gasteiger partial charge on any atom is 0.252 e. The van der Waals surface area contributed by atoms with Crippen LogP contribution in [0.3, 0.4) is 0 Å². The van der Waals surface area contributed by atoms with Gasteiger partial charge in [0, 0.05) is 6.54 Å². The minimum Gasteiger partial charge on any atom is -0.352 e. The van der Waals surface area contributed by atoms with Gasteiger partial charge in [0.05, 0.1) is 20.5 Å². The normalized spacial score (nSPS) is 11.3. The second-order valence-corrected chi connectivity index (χ2v) is 7.14. The molecule has 0 aliphatic carbocycles. The predicted octanol–water partition coefficient (Wildman–Crippen LogP) is 2.61. The van der Waals surface area contributed by atoms with Crippen LogP contribution in [0.5, 0.6) is 0 Å². The number of hydrogen-bond acceptors (Lipinski definition) is 3. The molecular formula is C15H14Cl2N2O3S. The van der Waals surface area contributed by atoms with E-state index in [4.69, 9.17) is 28.3 Å². The Morgan fingerprint density at radius 2 is 1.74 bits per heavy atom. The van der Waals surface area contributed by atoms with Gasteiger partial charge in [-0.3, -0.25) is 4.79 Å². The van der Waals surface area contributed by atoms with Gasteiger partial charge < -0.3 is 5.32 Å². The number of sulfonamides is 1. The standard InChI is InChI=1S/C15H14Cl2N2O3S/c16-13-3-1-2-12(14(13)17)15(20)19-9-8-10-4-6-11(7-5-10)23(18,21)22/h1-7H,8-9H2,(H,19,20)(H2,18,21,22). The highest BCUT2D eigenvalue weighted by Gasteiger charge is 2.12. The summed E-state index contributed by atoms with van der Waals surface area (Å²) in [4.78, 5) is 12.1. The van der Waals surface area contributed by atoms with Gasteiger partial charge in [-0.2, -0.15) is 0 Å². The maximum absolute atomic E-state index is 12.0. The molecule has 0 bridgehead atoms. The first-order valence-electron chi connectivity index (χ1n) is 6.63. The van der Waals surface area contributed by atoms with Crippen molar-refractivity contribution >= 4 is 39.1 Å². The van der Waals surface area contributed by atoms with Crippen molar-refractivity contribution in [2.24, 2.45) is 5.14 Å². The van der Waals surface area contributed by atoms with Crippen molar-refractivity contribution in [3.8, 4) is 0 Å². The van der Waals surface area contributed by atoms with Gasteiger partial charge in [0.15, 0.2) is 0 Å². The number of carbonyl (C=O) groups is 1. The number of hydrogen-bond donors (Lipinski definition) is 2. The number of rotatable bonds is 5. The van der Waals surface area contributed by atoms with Crippen LogP contribution in [0.2, 0.25) is 10.0 Å². The average molecular weight is 373 g/mol. The van der Waals surface area contributed by atoms with Gasteiger partial charge in [0.2, 0.25) is 10.0 Å². The number of amides is 1. The van der Waals surface area contributed by atoms with Crippen LogP contribution in [0.15, 0.2) is 47.4 Å². The highest BCUT2D eigenvalue weighted by Crippen LogP contribution is 2.25. The van der Waals surface area contributed by atoms with E-state index in [0.29, 0.717) is 23.6 Å². The number of carbonyl (C=O) groups excluding carboxylic acids is 1. The van der Waals surface area contributed by atoms with Crippen molar-refractivity contribution in [2.45, 2.75) is 11.3 Å². The van der Waals surface area contributed by atoms with Gasteiger partial charge in [-0.05, 0) is 36.2 Å². The summed E-state index contributed by atoms with van der Waals surface area (Å²) in [5, 5.41) is 8.29. The minimum atomic E-state index is -3.70. The molecule has 2 rings (SSSR count). The van der Waals surface area contributed by atoms with Crippen LogP contribution in [-0.4, -0.2) is 20.9 Å². The fourth-order valence-electron chi connectivity index (χ4n) is 1.94. The number of halogens is 2. The summed E-state index contributed by atoms with van der Waals surface area (Å²) in [6.07, 6.45) is 0.537. The lowest BCUT2D eigenvalue weighted by atomic mass is 10.1. The fraction of sp³-hybridized carbons (Fsp3) is 0.133. The van der Waals surface area contributed by atoms with Gasteiger partial charge in [0.1, 0.15) is 0 Å². The van der Waals surface area contributed by atoms with E-state index in [1.165, 1.54) is 12.1 Å². The molecule has 1 amide bonds. The van der Waals surface area contributed by atoms with Crippen LogP contribution in [0.25, 0.3) is 0 Å². The SMILES string of the molecule is NS(=O)(=O)c1ccc(CCNC(=O)c2cccc(Cl)c2Cl)cc1. The topological polar surface area (TPSA) is 89.3 Å². The Kier molecular flexibility index (Phi) is 5.64. The van der Waals surface area contributed by atoms with Crippen molar-refractivity contribution in [3.63, 3.8) is 0 Å². The third-order valence-corrected chi connectivity index (χ3v) is 4.90. The monoisotopic (exact) mass is 372 g/mol. The van der Waals surface area contributed by atoms with E-state index in [1.807, 2.05) is 0 Å². The number of benzene rings is 2. The molecule has 0 aromatic heterocycles. The van der Waals surface area contributed by atoms with Crippen molar-refractivity contribution in [2.75, 3.05) is 6.54 Å². The first-order valence-corrected chi connectivity index (χ1v) is 8.93. The van der Waals surface area contributed by atoms with Gasteiger partial charge in [-0.15, -0.1) is 0 Å². The molecule has 5 nitrogen and oxygen atoms in total. The van der Waals surface area contributed by atoms with Crippen LogP contribution in [0.4, 0.5) is 0 Å². The smallest absolute Gasteiger partial charge is 0.252 e. The highest BCUT2D eigenvalue weighted by atomic mass is 35.5. The molecule has 0 radical (unpaired) electrons. The van der Waals surface area contributed by atoms with Gasteiger partial charge in [-0.1, -0.05) is 41.4 Å². The zero-order valence-corrected chi connectivity index (χ0v) is 14.3. The van der Waals surface area contributed by atoms with Crippen molar-refractivity contribution in [1.29, 1.82) is 0 Å². The van der Waals surface area contributed by atoms with Crippen LogP contribution in [0, 0.1) is 0 Å². The predicted molar refractivity (Wildman–Crippen MR) is 90.3 cm³/mol. The van der Waals surface area contributed by atoms with E-state index < -0.39 is 10.0 Å². The molecule has 0 fully saturated rings. The first kappa shape index (κ1) is 17.7. The Bertz CT molecular complexity index is 821. The summed E-state index contributed by atoms with van der Waals surface area (Å²) in [6, 6.07) is 11.0. The molecule has 0 saturated heterocycles. The zero-order valence-electron chi connectivity index (χ0n) is 11.9. The van der Waals surface area contributed by atoms with E-state index in [9.17, 15) is 13.2 Å². The summed E-state index contributed by atoms with van der Waals surface area (Å²) in [5.41, 5.74) is 1.18. The van der Waals surface area contributed by atoms with E-state index in [0.717, 1.165) is 5.56 Å². The zero-order chi connectivity index (χ0) is 17.0. The van der Waals surface area contributed by atoms with E-state index in [-0.39, 0.29) is 15.8 Å². The molecule has 0 unspecified atom stereocenters. The second kappa shape index (κ2) is 7.31. The summed E-state index contributed by atoms with van der Waals surface area (Å²) in [6.45, 7) is 0.371. The van der Waals surface area contributed by atoms with Crippen LogP contribution < -0.4 is 10.5 Å². The van der Waals surface area contributed by atoms with Gasteiger partial charge in [0.25, 0.3) is 5.91 Å². The van der Waals surface area contributed by atoms with Gasteiger partial charge >= 0.3 is 0 Å². The number of nitrogens with two attached hydrogens (primary N) is 1. The molecule has 0 atom stereocenters. The Balaban J connectivity index is 1.94. The lowest BCUT2D eigenvalue weighted by Crippen LogP contribution is -2.26.